The van der Waals surface area contributed by atoms with Crippen molar-refractivity contribution < 1.29 is 5.11 Å². The van der Waals surface area contributed by atoms with Crippen LogP contribution in [0.4, 0.5) is 5.69 Å². The maximum atomic E-state index is 12.0. The first-order valence-corrected chi connectivity index (χ1v) is 7.12. The average Bonchev–Trinajstić information content (AvgIpc) is 2.37. The lowest BCUT2D eigenvalue weighted by molar-refractivity contribution is 0.183. The summed E-state index contributed by atoms with van der Waals surface area (Å²) in [4.78, 5) is 14.0. The van der Waals surface area contributed by atoms with Gasteiger partial charge in [0, 0.05) is 13.1 Å². The van der Waals surface area contributed by atoms with Crippen LogP contribution in [0.5, 0.6) is 0 Å². The van der Waals surface area contributed by atoms with Gasteiger partial charge in [0.1, 0.15) is 5.02 Å². The molecule has 1 atom stereocenters. The lowest BCUT2D eigenvalue weighted by atomic mass is 10.2. The third kappa shape index (κ3) is 5.48. The van der Waals surface area contributed by atoms with Gasteiger partial charge in [0.05, 0.1) is 24.5 Å². The second kappa shape index (κ2) is 8.24. The van der Waals surface area contributed by atoms with Crippen molar-refractivity contribution in [3.63, 3.8) is 0 Å². The van der Waals surface area contributed by atoms with Gasteiger partial charge in [-0.25, -0.2) is 4.68 Å². The topological polar surface area (TPSA) is 70.4 Å². The number of rotatable bonds is 8. The highest BCUT2D eigenvalue weighted by Crippen LogP contribution is 2.15. The zero-order valence-electron chi connectivity index (χ0n) is 12.3. The van der Waals surface area contributed by atoms with Gasteiger partial charge in [-0.3, -0.25) is 4.79 Å². The first-order chi connectivity index (χ1) is 9.41. The number of aromatic nitrogens is 2. The van der Waals surface area contributed by atoms with E-state index in [1.165, 1.54) is 4.68 Å². The van der Waals surface area contributed by atoms with E-state index in [9.17, 15) is 4.79 Å². The molecule has 0 fully saturated rings. The van der Waals surface area contributed by atoms with Crippen molar-refractivity contribution in [3.8, 4) is 0 Å². The van der Waals surface area contributed by atoms with Crippen LogP contribution in [0, 0.1) is 0 Å². The van der Waals surface area contributed by atoms with Crippen LogP contribution in [-0.4, -0.2) is 53.1 Å². The molecule has 1 unspecified atom stereocenters. The number of hydrogen-bond acceptors (Lipinski definition) is 5. The highest BCUT2D eigenvalue weighted by Gasteiger charge is 2.09. The van der Waals surface area contributed by atoms with E-state index in [-0.39, 0.29) is 16.7 Å². The number of likely N-dealkylation sites (N-methyl/N-ethyl adjacent to an activating group) is 1. The maximum Gasteiger partial charge on any atom is 0.287 e. The largest absolute Gasteiger partial charge is 0.393 e. The fraction of sp³-hybridized carbons (Fsp3) is 0.692. The predicted molar refractivity (Wildman–Crippen MR) is 81.5 cm³/mol. The van der Waals surface area contributed by atoms with Crippen LogP contribution < -0.4 is 10.9 Å². The summed E-state index contributed by atoms with van der Waals surface area (Å²) in [7, 11) is 3.87. The molecule has 0 aromatic carbocycles. The summed E-state index contributed by atoms with van der Waals surface area (Å²) in [5.74, 6) is 0. The summed E-state index contributed by atoms with van der Waals surface area (Å²) in [6.07, 6.45) is 2.77. The molecule has 0 aliphatic rings. The van der Waals surface area contributed by atoms with E-state index in [0.29, 0.717) is 25.2 Å². The van der Waals surface area contributed by atoms with Gasteiger partial charge in [-0.1, -0.05) is 11.6 Å². The molecule has 0 saturated heterocycles. The Morgan fingerprint density at radius 2 is 2.25 bits per heavy atom. The Labute approximate surface area is 124 Å². The number of aliphatic hydroxyl groups is 1. The minimum Gasteiger partial charge on any atom is -0.393 e. The van der Waals surface area contributed by atoms with E-state index < -0.39 is 0 Å². The summed E-state index contributed by atoms with van der Waals surface area (Å²) >= 11 is 6.06. The molecule has 0 spiro atoms. The molecule has 0 radical (unpaired) electrons. The van der Waals surface area contributed by atoms with Crippen molar-refractivity contribution in [2.75, 3.05) is 32.5 Å². The minimum atomic E-state index is -0.315. The SMILES string of the molecule is CC(O)CCCNc1cnn(CCN(C)C)c(=O)c1Cl. The summed E-state index contributed by atoms with van der Waals surface area (Å²) < 4.78 is 1.36. The second-order valence-electron chi connectivity index (χ2n) is 5.12. The van der Waals surface area contributed by atoms with Gasteiger partial charge in [0.2, 0.25) is 0 Å². The smallest absolute Gasteiger partial charge is 0.287 e. The number of aliphatic hydroxyl groups excluding tert-OH is 1. The Morgan fingerprint density at radius 1 is 1.55 bits per heavy atom. The molecule has 0 aliphatic carbocycles. The highest BCUT2D eigenvalue weighted by atomic mass is 35.5. The first kappa shape index (κ1) is 16.9. The number of nitrogens with one attached hydrogen (secondary N) is 1. The van der Waals surface area contributed by atoms with Crippen molar-refractivity contribution in [1.82, 2.24) is 14.7 Å². The molecule has 0 amide bonds. The third-order valence-corrected chi connectivity index (χ3v) is 3.22. The summed E-state index contributed by atoms with van der Waals surface area (Å²) in [6.45, 7) is 3.63. The molecule has 0 bridgehead atoms. The number of halogens is 1. The Balaban J connectivity index is 2.62. The summed E-state index contributed by atoms with van der Waals surface area (Å²) in [6, 6.07) is 0. The molecule has 0 saturated carbocycles. The number of hydrogen-bond donors (Lipinski definition) is 2. The van der Waals surface area contributed by atoms with E-state index in [0.717, 1.165) is 13.0 Å². The fourth-order valence-corrected chi connectivity index (χ4v) is 1.88. The molecule has 1 heterocycles. The normalized spacial score (nSPS) is 12.7. The van der Waals surface area contributed by atoms with E-state index in [1.54, 1.807) is 13.1 Å². The van der Waals surface area contributed by atoms with Gasteiger partial charge in [-0.2, -0.15) is 5.10 Å². The standard InChI is InChI=1S/C13H23ClN4O2/c1-10(19)5-4-6-15-11-9-16-18(8-7-17(2)3)13(20)12(11)14/h9-10,15,19H,4-8H2,1-3H3. The number of anilines is 1. The quantitative estimate of drug-likeness (QED) is 0.702. The predicted octanol–water partition coefficient (Wildman–Crippen LogP) is 1.03. The average molecular weight is 303 g/mol. The van der Waals surface area contributed by atoms with E-state index in [1.807, 2.05) is 19.0 Å². The van der Waals surface area contributed by atoms with Crippen LogP contribution in [0.25, 0.3) is 0 Å². The molecule has 6 nitrogen and oxygen atoms in total. The van der Waals surface area contributed by atoms with Crippen LogP contribution in [-0.2, 0) is 6.54 Å². The molecule has 7 heteroatoms. The van der Waals surface area contributed by atoms with Crippen molar-refractivity contribution in [2.24, 2.45) is 0 Å². The molecule has 114 valence electrons. The number of nitrogens with zero attached hydrogens (tertiary/aromatic N) is 3. The van der Waals surface area contributed by atoms with Crippen LogP contribution in [0.15, 0.2) is 11.0 Å². The molecule has 1 rings (SSSR count). The minimum absolute atomic E-state index is 0.163. The van der Waals surface area contributed by atoms with E-state index in [4.69, 9.17) is 16.7 Å². The van der Waals surface area contributed by atoms with Crippen LogP contribution in [0.1, 0.15) is 19.8 Å². The fourth-order valence-electron chi connectivity index (χ4n) is 1.66. The van der Waals surface area contributed by atoms with Crippen LogP contribution >= 0.6 is 11.6 Å². The van der Waals surface area contributed by atoms with Gasteiger partial charge >= 0.3 is 0 Å². The first-order valence-electron chi connectivity index (χ1n) is 6.74. The van der Waals surface area contributed by atoms with E-state index >= 15 is 0 Å². The Kier molecular flexibility index (Phi) is 6.98. The zero-order valence-corrected chi connectivity index (χ0v) is 13.0. The van der Waals surface area contributed by atoms with Gasteiger partial charge in [0.25, 0.3) is 5.56 Å². The van der Waals surface area contributed by atoms with Crippen LogP contribution in [0.2, 0.25) is 5.02 Å². The monoisotopic (exact) mass is 302 g/mol. The maximum absolute atomic E-state index is 12.0. The van der Waals surface area contributed by atoms with Crippen molar-refractivity contribution >= 4 is 17.3 Å². The molecular formula is C13H23ClN4O2. The molecule has 1 aromatic rings. The second-order valence-corrected chi connectivity index (χ2v) is 5.50. The van der Waals surface area contributed by atoms with Crippen molar-refractivity contribution in [2.45, 2.75) is 32.4 Å². The van der Waals surface area contributed by atoms with Gasteiger partial charge in [0.15, 0.2) is 0 Å². The molecule has 1 aromatic heterocycles. The van der Waals surface area contributed by atoms with Gasteiger partial charge in [-0.05, 0) is 33.9 Å². The third-order valence-electron chi connectivity index (χ3n) is 2.86. The van der Waals surface area contributed by atoms with Gasteiger partial charge < -0.3 is 15.3 Å². The lowest BCUT2D eigenvalue weighted by Gasteiger charge is -2.12. The van der Waals surface area contributed by atoms with Gasteiger partial charge in [-0.15, -0.1) is 0 Å². The van der Waals surface area contributed by atoms with E-state index in [2.05, 4.69) is 10.4 Å². The van der Waals surface area contributed by atoms with Crippen molar-refractivity contribution in [1.29, 1.82) is 0 Å². The zero-order chi connectivity index (χ0) is 15.1. The highest BCUT2D eigenvalue weighted by molar-refractivity contribution is 6.32. The van der Waals surface area contributed by atoms with Crippen molar-refractivity contribution in [3.05, 3.63) is 21.6 Å². The lowest BCUT2D eigenvalue weighted by Crippen LogP contribution is -2.29. The Hall–Kier alpha value is -1.11. The molecular weight excluding hydrogens is 280 g/mol. The molecule has 0 aliphatic heterocycles. The Bertz CT molecular complexity index is 474. The Morgan fingerprint density at radius 3 is 2.85 bits per heavy atom. The summed E-state index contributed by atoms with van der Waals surface area (Å²) in [5.41, 5.74) is 0.261. The summed E-state index contributed by atoms with van der Waals surface area (Å²) in [5, 5.41) is 16.5. The van der Waals surface area contributed by atoms with Crippen LogP contribution in [0.3, 0.4) is 0 Å². The molecule has 20 heavy (non-hydrogen) atoms. The molecule has 2 N–H and O–H groups in total.